The molecule has 0 aliphatic carbocycles. The van der Waals surface area contributed by atoms with E-state index in [0.717, 1.165) is 48.0 Å². The lowest BCUT2D eigenvalue weighted by Crippen LogP contribution is -2.03. The van der Waals surface area contributed by atoms with Gasteiger partial charge in [-0.2, -0.15) is 21.0 Å². The second kappa shape index (κ2) is 9.90. The molecule has 1 aromatic rings. The summed E-state index contributed by atoms with van der Waals surface area (Å²) in [5.74, 6) is 0. The van der Waals surface area contributed by atoms with E-state index in [-0.39, 0.29) is 21.0 Å². The number of hydrogen-bond acceptors (Lipinski definition) is 2. The number of carbonyl (C=O) groups is 2. The van der Waals surface area contributed by atoms with Crippen LogP contribution in [0.4, 0.5) is 0 Å². The van der Waals surface area contributed by atoms with E-state index in [1.807, 2.05) is 0 Å². The fourth-order valence-corrected chi connectivity index (χ4v) is 3.53. The summed E-state index contributed by atoms with van der Waals surface area (Å²) in [4.78, 5) is 24.0. The van der Waals surface area contributed by atoms with E-state index in [9.17, 15) is 9.59 Å². The largest absolute Gasteiger partial charge is 0.298 e. The van der Waals surface area contributed by atoms with E-state index in [1.165, 1.54) is 11.1 Å². The first-order valence-electron chi connectivity index (χ1n) is 7.33. The highest BCUT2D eigenvalue weighted by molar-refractivity contribution is 8.15. The Morgan fingerprint density at radius 1 is 0.773 bits per heavy atom. The average molecular weight is 339 g/mol. The Morgan fingerprint density at radius 3 is 1.32 bits per heavy atom. The summed E-state index contributed by atoms with van der Waals surface area (Å²) in [5, 5.41) is 0. The summed E-state index contributed by atoms with van der Waals surface area (Å²) < 4.78 is 0. The zero-order valence-electron chi connectivity index (χ0n) is 13.9. The molecule has 0 aromatic heterocycles. The molecule has 2 nitrogen and oxygen atoms in total. The monoisotopic (exact) mass is 338 g/mol. The van der Waals surface area contributed by atoms with E-state index in [2.05, 4.69) is 49.3 Å². The molecule has 0 heterocycles. The van der Waals surface area contributed by atoms with Gasteiger partial charge in [0, 0.05) is 9.73 Å². The third-order valence-corrected chi connectivity index (χ3v) is 6.35. The molecule has 0 aliphatic rings. The number of hydrogen-bond donors (Lipinski definition) is 0. The SMILES string of the molecule is CS(C)=C(C=O)CCc1ccc(CCC(C=O)=S(C)C)cc1. The first-order chi connectivity index (χ1) is 10.5. The van der Waals surface area contributed by atoms with Crippen molar-refractivity contribution >= 4 is 43.3 Å². The number of rotatable bonds is 8. The Balaban J connectivity index is 2.60. The van der Waals surface area contributed by atoms with Crippen LogP contribution in [0.1, 0.15) is 24.0 Å². The fraction of sp³-hybridized carbons (Fsp3) is 0.444. The van der Waals surface area contributed by atoms with Crippen molar-refractivity contribution in [3.05, 3.63) is 35.4 Å². The third-order valence-electron chi connectivity index (χ3n) is 3.65. The highest BCUT2D eigenvalue weighted by Crippen LogP contribution is 2.13. The minimum atomic E-state index is 0.0681. The lowest BCUT2D eigenvalue weighted by molar-refractivity contribution is -0.103. The van der Waals surface area contributed by atoms with Crippen molar-refractivity contribution in [1.82, 2.24) is 0 Å². The Morgan fingerprint density at radius 2 is 1.09 bits per heavy atom. The summed E-state index contributed by atoms with van der Waals surface area (Å²) in [6, 6.07) is 8.55. The molecule has 122 valence electrons. The summed E-state index contributed by atoms with van der Waals surface area (Å²) in [6.07, 6.45) is 13.9. The van der Waals surface area contributed by atoms with Gasteiger partial charge < -0.3 is 0 Å². The number of aldehydes is 2. The van der Waals surface area contributed by atoms with Gasteiger partial charge in [-0.3, -0.25) is 9.59 Å². The highest BCUT2D eigenvalue weighted by Gasteiger charge is 2.02. The molecule has 22 heavy (non-hydrogen) atoms. The smallest absolute Gasteiger partial charge is 0.151 e. The van der Waals surface area contributed by atoms with Crippen LogP contribution in [0, 0.1) is 0 Å². The van der Waals surface area contributed by atoms with Gasteiger partial charge in [-0.25, -0.2) is 0 Å². The lowest BCUT2D eigenvalue weighted by atomic mass is 10.0. The molecule has 0 radical (unpaired) electrons. The van der Waals surface area contributed by atoms with Crippen LogP contribution in [0.25, 0.3) is 0 Å². The van der Waals surface area contributed by atoms with Crippen LogP contribution >= 0.6 is 21.0 Å². The molecule has 0 atom stereocenters. The predicted octanol–water partition coefficient (Wildman–Crippen LogP) is 3.35. The van der Waals surface area contributed by atoms with Crippen LogP contribution in [0.3, 0.4) is 0 Å². The van der Waals surface area contributed by atoms with E-state index >= 15 is 0 Å². The van der Waals surface area contributed by atoms with E-state index in [4.69, 9.17) is 0 Å². The zero-order chi connectivity index (χ0) is 16.5. The second-order valence-corrected chi connectivity index (χ2v) is 9.93. The van der Waals surface area contributed by atoms with Crippen LogP contribution in [-0.2, 0) is 22.4 Å². The Hall–Kier alpha value is -1.00. The average Bonchev–Trinajstić information content (AvgIpc) is 2.49. The molecule has 0 fully saturated rings. The van der Waals surface area contributed by atoms with Crippen LogP contribution in [0.5, 0.6) is 0 Å². The molecular formula is C18H26O2S2. The van der Waals surface area contributed by atoms with Gasteiger partial charge >= 0.3 is 0 Å². The van der Waals surface area contributed by atoms with E-state index < -0.39 is 0 Å². The van der Waals surface area contributed by atoms with Crippen molar-refractivity contribution in [2.24, 2.45) is 0 Å². The van der Waals surface area contributed by atoms with Crippen molar-refractivity contribution in [1.29, 1.82) is 0 Å². The summed E-state index contributed by atoms with van der Waals surface area (Å²) in [7, 11) is 0.136. The number of carbonyl (C=O) groups excluding carboxylic acids is 2. The molecule has 0 bridgehead atoms. The van der Waals surface area contributed by atoms with Gasteiger partial charge in [0.05, 0.1) is 0 Å². The molecule has 0 amide bonds. The summed E-state index contributed by atoms with van der Waals surface area (Å²) in [6.45, 7) is 0. The van der Waals surface area contributed by atoms with Crippen LogP contribution in [-0.4, -0.2) is 47.3 Å². The standard InChI is InChI=1S/C18H26O2S2/c1-21(2)17(13-19)11-9-15-5-7-16(8-6-15)10-12-18(14-20)22(3)4/h5-8,13-14H,9-12H2,1-4H3. The topological polar surface area (TPSA) is 34.1 Å². The number of aryl methyl sites for hydroxylation is 2. The van der Waals surface area contributed by atoms with Crippen LogP contribution < -0.4 is 0 Å². The highest BCUT2D eigenvalue weighted by atomic mass is 32.2. The maximum Gasteiger partial charge on any atom is 0.151 e. The van der Waals surface area contributed by atoms with Gasteiger partial charge in [0.25, 0.3) is 0 Å². The first kappa shape index (κ1) is 19.0. The van der Waals surface area contributed by atoms with Crippen molar-refractivity contribution in [3.63, 3.8) is 0 Å². The van der Waals surface area contributed by atoms with E-state index in [0.29, 0.717) is 0 Å². The van der Waals surface area contributed by atoms with Crippen LogP contribution in [0.2, 0.25) is 0 Å². The molecule has 1 rings (SSSR count). The molecule has 0 N–H and O–H groups in total. The maximum atomic E-state index is 11.0. The molecule has 0 unspecified atom stereocenters. The van der Waals surface area contributed by atoms with Gasteiger partial charge in [-0.1, -0.05) is 24.3 Å². The lowest BCUT2D eigenvalue weighted by Gasteiger charge is -2.07. The maximum absolute atomic E-state index is 11.0. The van der Waals surface area contributed by atoms with Crippen molar-refractivity contribution < 1.29 is 9.59 Å². The first-order valence-corrected chi connectivity index (χ1v) is 11.4. The zero-order valence-corrected chi connectivity index (χ0v) is 15.6. The van der Waals surface area contributed by atoms with Gasteiger partial charge in [-0.15, -0.1) is 0 Å². The Bertz CT molecular complexity index is 523. The van der Waals surface area contributed by atoms with Gasteiger partial charge in [0.1, 0.15) is 0 Å². The minimum Gasteiger partial charge on any atom is -0.298 e. The van der Waals surface area contributed by atoms with Gasteiger partial charge in [0.15, 0.2) is 12.6 Å². The van der Waals surface area contributed by atoms with Gasteiger partial charge in [0.2, 0.25) is 0 Å². The van der Waals surface area contributed by atoms with E-state index in [1.54, 1.807) is 0 Å². The minimum absolute atomic E-state index is 0.0681. The second-order valence-electron chi connectivity index (χ2n) is 5.62. The molecule has 0 saturated carbocycles. The predicted molar refractivity (Wildman–Crippen MR) is 104 cm³/mol. The quantitative estimate of drug-likeness (QED) is 0.538. The van der Waals surface area contributed by atoms with Gasteiger partial charge in [-0.05, 0) is 61.8 Å². The molecule has 0 saturated heterocycles. The fourth-order valence-electron chi connectivity index (χ4n) is 2.13. The number of benzene rings is 1. The van der Waals surface area contributed by atoms with Crippen molar-refractivity contribution in [2.75, 3.05) is 25.0 Å². The molecule has 4 heteroatoms. The molecular weight excluding hydrogens is 312 g/mol. The molecule has 1 aromatic carbocycles. The summed E-state index contributed by atoms with van der Waals surface area (Å²) in [5.41, 5.74) is 2.53. The van der Waals surface area contributed by atoms with Crippen LogP contribution in [0.15, 0.2) is 24.3 Å². The van der Waals surface area contributed by atoms with Crippen molar-refractivity contribution in [3.8, 4) is 0 Å². The Kier molecular flexibility index (Phi) is 8.57. The molecule has 0 spiro atoms. The normalized spacial score (nSPS) is 10.8. The molecule has 0 aliphatic heterocycles. The summed E-state index contributed by atoms with van der Waals surface area (Å²) >= 11 is 0. The third kappa shape index (κ3) is 6.41. The van der Waals surface area contributed by atoms with Crippen molar-refractivity contribution in [2.45, 2.75) is 25.7 Å². The Labute approximate surface area is 139 Å².